The van der Waals surface area contributed by atoms with Gasteiger partial charge >= 0.3 is 6.16 Å². The van der Waals surface area contributed by atoms with Crippen LogP contribution in [0.1, 0.15) is 63.8 Å². The minimum atomic E-state index is -1.34. The van der Waals surface area contributed by atoms with Crippen molar-refractivity contribution in [1.82, 2.24) is 15.0 Å². The molecule has 3 aliphatic rings. The molecule has 8 nitrogen and oxygen atoms in total. The van der Waals surface area contributed by atoms with E-state index in [1.807, 2.05) is 16.8 Å². The van der Waals surface area contributed by atoms with Crippen LogP contribution in [0.5, 0.6) is 0 Å². The number of aryl methyl sites for hydroxylation is 2. The molecule has 0 bridgehead atoms. The Labute approximate surface area is 183 Å². The fourth-order valence-electron chi connectivity index (χ4n) is 5.27. The first kappa shape index (κ1) is 22.0. The number of nitrogens with zero attached hydrogens (tertiary/aromatic N) is 3. The van der Waals surface area contributed by atoms with Crippen molar-refractivity contribution in [2.24, 2.45) is 17.8 Å². The summed E-state index contributed by atoms with van der Waals surface area (Å²) in [5.41, 5.74) is 1.04. The van der Waals surface area contributed by atoms with E-state index < -0.39 is 17.9 Å². The number of fused-ring (bicyclic) bond motifs is 2. The Morgan fingerprint density at radius 3 is 2.74 bits per heavy atom. The van der Waals surface area contributed by atoms with Gasteiger partial charge in [0.1, 0.15) is 11.7 Å². The van der Waals surface area contributed by atoms with Gasteiger partial charge in [-0.3, -0.25) is 4.79 Å². The summed E-state index contributed by atoms with van der Waals surface area (Å²) < 4.78 is 12.9. The van der Waals surface area contributed by atoms with Crippen molar-refractivity contribution >= 4 is 11.9 Å². The fourth-order valence-corrected chi connectivity index (χ4v) is 5.27. The molecular formula is C23H33N3O5. The Hall–Kier alpha value is -2.22. The SMILES string of the molecule is CCn1nnc2c1CCC1C(CC2)C1COC(=O)O[C@H]1/C=C/CC[C@@](O)(C(C)=O)CC1. The van der Waals surface area contributed by atoms with E-state index >= 15 is 0 Å². The monoisotopic (exact) mass is 431 g/mol. The van der Waals surface area contributed by atoms with Crippen molar-refractivity contribution in [3.05, 3.63) is 23.5 Å². The summed E-state index contributed by atoms with van der Waals surface area (Å²) in [7, 11) is 0. The number of carbonyl (C=O) groups excluding carboxylic acids is 2. The average molecular weight is 432 g/mol. The number of ether oxygens (including phenoxy) is 2. The molecule has 1 saturated carbocycles. The van der Waals surface area contributed by atoms with E-state index in [0.717, 1.165) is 37.9 Å². The number of hydrogen-bond donors (Lipinski definition) is 1. The van der Waals surface area contributed by atoms with Crippen LogP contribution in [0.4, 0.5) is 4.79 Å². The molecule has 0 radical (unpaired) electrons. The van der Waals surface area contributed by atoms with Crippen LogP contribution in [0.3, 0.4) is 0 Å². The maximum absolute atomic E-state index is 12.3. The Balaban J connectivity index is 1.24. The Morgan fingerprint density at radius 2 is 2.00 bits per heavy atom. The van der Waals surface area contributed by atoms with E-state index in [2.05, 4.69) is 17.2 Å². The molecule has 4 rings (SSSR count). The summed E-state index contributed by atoms with van der Waals surface area (Å²) in [6.45, 7) is 4.71. The summed E-state index contributed by atoms with van der Waals surface area (Å²) in [6.07, 6.45) is 8.21. The Kier molecular flexibility index (Phi) is 6.46. The smallest absolute Gasteiger partial charge is 0.434 e. The lowest BCUT2D eigenvalue weighted by Gasteiger charge is -2.28. The molecule has 0 spiro atoms. The van der Waals surface area contributed by atoms with Crippen molar-refractivity contribution in [3.8, 4) is 0 Å². The van der Waals surface area contributed by atoms with Gasteiger partial charge in [-0.25, -0.2) is 9.48 Å². The second-order valence-corrected chi connectivity index (χ2v) is 9.18. The van der Waals surface area contributed by atoms with Crippen LogP contribution >= 0.6 is 0 Å². The third-order valence-corrected chi connectivity index (χ3v) is 7.37. The lowest BCUT2D eigenvalue weighted by atomic mass is 9.85. The van der Waals surface area contributed by atoms with Crippen molar-refractivity contribution in [1.29, 1.82) is 0 Å². The van der Waals surface area contributed by atoms with E-state index in [-0.39, 0.29) is 12.2 Å². The predicted octanol–water partition coefficient (Wildman–Crippen LogP) is 3.01. The Morgan fingerprint density at radius 1 is 1.23 bits per heavy atom. The molecule has 5 atom stereocenters. The first-order valence-electron chi connectivity index (χ1n) is 11.6. The van der Waals surface area contributed by atoms with Crippen LogP contribution in [-0.4, -0.2) is 50.4 Å². The molecule has 170 valence electrons. The highest BCUT2D eigenvalue weighted by Gasteiger charge is 2.50. The summed E-state index contributed by atoms with van der Waals surface area (Å²) in [4.78, 5) is 24.0. The van der Waals surface area contributed by atoms with Crippen LogP contribution in [0.25, 0.3) is 0 Å². The molecule has 0 amide bonds. The zero-order chi connectivity index (χ0) is 22.0. The third kappa shape index (κ3) is 4.84. The van der Waals surface area contributed by atoms with Gasteiger partial charge in [0.2, 0.25) is 0 Å². The molecule has 1 N–H and O–H groups in total. The molecule has 0 aliphatic heterocycles. The normalized spacial score (nSPS) is 33.5. The maximum atomic E-state index is 12.3. The zero-order valence-corrected chi connectivity index (χ0v) is 18.5. The van der Waals surface area contributed by atoms with E-state index in [4.69, 9.17) is 9.47 Å². The standard InChI is InChI=1S/C23H33N3O5/c1-3-26-21-10-8-18-17(7-9-20(21)24-25-26)19(18)14-30-22(28)31-16-6-4-5-12-23(29,13-11-16)15(2)27/h4,6,16-19,29H,3,5,7-14H2,1-2H3/b6-4+/t16-,17?,18?,19?,23-/m0/s1. The number of aliphatic hydroxyl groups is 1. The second-order valence-electron chi connectivity index (χ2n) is 9.18. The van der Waals surface area contributed by atoms with Gasteiger partial charge < -0.3 is 14.6 Å². The molecule has 1 heterocycles. The molecular weight excluding hydrogens is 398 g/mol. The van der Waals surface area contributed by atoms with E-state index in [9.17, 15) is 14.7 Å². The first-order chi connectivity index (χ1) is 14.9. The summed E-state index contributed by atoms with van der Waals surface area (Å²) >= 11 is 0. The number of hydrogen-bond acceptors (Lipinski definition) is 7. The zero-order valence-electron chi connectivity index (χ0n) is 18.5. The average Bonchev–Trinajstić information content (AvgIpc) is 3.22. The molecule has 1 aromatic rings. The predicted molar refractivity (Wildman–Crippen MR) is 112 cm³/mol. The largest absolute Gasteiger partial charge is 0.508 e. The topological polar surface area (TPSA) is 104 Å². The molecule has 31 heavy (non-hydrogen) atoms. The number of rotatable bonds is 5. The van der Waals surface area contributed by atoms with Gasteiger partial charge in [-0.1, -0.05) is 11.3 Å². The lowest BCUT2D eigenvalue weighted by molar-refractivity contribution is -0.137. The fraction of sp³-hybridized carbons (Fsp3) is 0.739. The van der Waals surface area contributed by atoms with Crippen LogP contribution < -0.4 is 0 Å². The van der Waals surface area contributed by atoms with Gasteiger partial charge in [0, 0.05) is 6.54 Å². The molecule has 3 unspecified atom stereocenters. The summed E-state index contributed by atoms with van der Waals surface area (Å²) in [5, 5.41) is 19.1. The Bertz CT molecular complexity index is 850. The van der Waals surface area contributed by atoms with E-state index in [1.165, 1.54) is 12.6 Å². The van der Waals surface area contributed by atoms with Crippen LogP contribution in [0.15, 0.2) is 12.2 Å². The van der Waals surface area contributed by atoms with Crippen molar-refractivity contribution < 1.29 is 24.2 Å². The van der Waals surface area contributed by atoms with Gasteiger partial charge in [-0.05, 0) is 89.0 Å². The second kappa shape index (κ2) is 9.10. The highest BCUT2D eigenvalue weighted by Crippen LogP contribution is 2.53. The van der Waals surface area contributed by atoms with Gasteiger partial charge in [0.15, 0.2) is 5.78 Å². The minimum absolute atomic E-state index is 0.240. The first-order valence-corrected chi connectivity index (χ1v) is 11.6. The third-order valence-electron chi connectivity index (χ3n) is 7.37. The number of aromatic nitrogens is 3. The highest BCUT2D eigenvalue weighted by atomic mass is 16.7. The molecule has 0 aromatic carbocycles. The van der Waals surface area contributed by atoms with Gasteiger partial charge in [-0.2, -0.15) is 0 Å². The highest BCUT2D eigenvalue weighted by molar-refractivity contribution is 5.84. The molecule has 1 aromatic heterocycles. The number of carbonyl (C=O) groups is 2. The number of ketones is 1. The van der Waals surface area contributed by atoms with Crippen LogP contribution in [0.2, 0.25) is 0 Å². The molecule has 8 heteroatoms. The van der Waals surface area contributed by atoms with E-state index in [0.29, 0.717) is 43.6 Å². The summed E-state index contributed by atoms with van der Waals surface area (Å²) in [6, 6.07) is 0. The molecule has 0 saturated heterocycles. The van der Waals surface area contributed by atoms with Gasteiger partial charge in [-0.15, -0.1) is 5.10 Å². The van der Waals surface area contributed by atoms with Crippen molar-refractivity contribution in [3.63, 3.8) is 0 Å². The minimum Gasteiger partial charge on any atom is -0.434 e. The van der Waals surface area contributed by atoms with Crippen molar-refractivity contribution in [2.75, 3.05) is 6.61 Å². The van der Waals surface area contributed by atoms with Gasteiger partial charge in [0.05, 0.1) is 18.0 Å². The molecule has 3 aliphatic carbocycles. The van der Waals surface area contributed by atoms with Crippen molar-refractivity contribution in [2.45, 2.75) is 83.5 Å². The molecule has 1 fully saturated rings. The quantitative estimate of drug-likeness (QED) is 0.564. The van der Waals surface area contributed by atoms with E-state index in [1.54, 1.807) is 0 Å². The van der Waals surface area contributed by atoms with Crippen LogP contribution in [-0.2, 0) is 33.7 Å². The van der Waals surface area contributed by atoms with Crippen LogP contribution in [0, 0.1) is 17.8 Å². The number of Topliss-reactive ketones (excluding diaryl/α,β-unsaturated/α-hetero) is 1. The summed E-state index contributed by atoms with van der Waals surface area (Å²) in [5.74, 6) is 1.29. The number of allylic oxidation sites excluding steroid dienone is 1. The maximum Gasteiger partial charge on any atom is 0.508 e. The van der Waals surface area contributed by atoms with Gasteiger partial charge in [0.25, 0.3) is 0 Å². The lowest BCUT2D eigenvalue weighted by Crippen LogP contribution is -2.38.